The van der Waals surface area contributed by atoms with Crippen molar-refractivity contribution < 1.29 is 19.1 Å². The van der Waals surface area contributed by atoms with Crippen LogP contribution in [0, 0.1) is 5.82 Å². The first kappa shape index (κ1) is 17.6. The summed E-state index contributed by atoms with van der Waals surface area (Å²) in [7, 11) is 0. The van der Waals surface area contributed by atoms with Crippen LogP contribution in [0.3, 0.4) is 0 Å². The number of aliphatic hydroxyl groups is 1. The number of nitrogens with zero attached hydrogens (tertiary/aromatic N) is 3. The Morgan fingerprint density at radius 3 is 2.44 bits per heavy atom. The second-order valence-electron chi connectivity index (χ2n) is 6.68. The zero-order valence-electron chi connectivity index (χ0n) is 14.0. The predicted molar refractivity (Wildman–Crippen MR) is 90.4 cm³/mol. The number of halogens is 1. The van der Waals surface area contributed by atoms with Gasteiger partial charge in [0.25, 0.3) is 5.91 Å². The molecule has 2 aliphatic heterocycles. The molecule has 8 heteroatoms. The zero-order valence-corrected chi connectivity index (χ0v) is 14.0. The number of hydrogen-bond donors (Lipinski definition) is 2. The molecule has 2 aliphatic rings. The number of carbonyl (C=O) groups is 2. The number of benzene rings is 1. The van der Waals surface area contributed by atoms with Crippen LogP contribution in [0.4, 0.5) is 10.1 Å². The van der Waals surface area contributed by atoms with Gasteiger partial charge in [-0.2, -0.15) is 0 Å². The van der Waals surface area contributed by atoms with Crippen LogP contribution in [0.2, 0.25) is 0 Å². The van der Waals surface area contributed by atoms with Crippen LogP contribution in [0.5, 0.6) is 0 Å². The highest BCUT2D eigenvalue weighted by Gasteiger charge is 2.42. The van der Waals surface area contributed by atoms with E-state index in [0.717, 1.165) is 0 Å². The highest BCUT2D eigenvalue weighted by molar-refractivity contribution is 5.84. The SMILES string of the molecule is NC(=O)C1(O)CCN(CC(=O)N2CCN(c3ccccc3F)CC2)C1. The minimum atomic E-state index is -1.54. The van der Waals surface area contributed by atoms with Crippen molar-refractivity contribution in [2.24, 2.45) is 5.73 Å². The van der Waals surface area contributed by atoms with Crippen molar-refractivity contribution in [1.29, 1.82) is 0 Å². The van der Waals surface area contributed by atoms with Gasteiger partial charge in [0.1, 0.15) is 5.82 Å². The van der Waals surface area contributed by atoms with Crippen LogP contribution >= 0.6 is 0 Å². The van der Waals surface area contributed by atoms with Gasteiger partial charge in [-0.05, 0) is 18.6 Å². The van der Waals surface area contributed by atoms with Crippen LogP contribution in [0.15, 0.2) is 24.3 Å². The highest BCUT2D eigenvalue weighted by atomic mass is 19.1. The van der Waals surface area contributed by atoms with E-state index in [0.29, 0.717) is 38.4 Å². The van der Waals surface area contributed by atoms with Gasteiger partial charge in [-0.15, -0.1) is 0 Å². The molecular formula is C17H23FN4O3. The van der Waals surface area contributed by atoms with Gasteiger partial charge in [-0.3, -0.25) is 14.5 Å². The number of likely N-dealkylation sites (tertiary alicyclic amines) is 1. The Labute approximate surface area is 145 Å². The van der Waals surface area contributed by atoms with Crippen molar-refractivity contribution in [3.8, 4) is 0 Å². The van der Waals surface area contributed by atoms with E-state index in [1.165, 1.54) is 6.07 Å². The Bertz CT molecular complexity index is 663. The van der Waals surface area contributed by atoms with Crippen LogP contribution in [-0.4, -0.2) is 78.1 Å². The maximum atomic E-state index is 13.8. The molecule has 25 heavy (non-hydrogen) atoms. The molecule has 1 aromatic rings. The largest absolute Gasteiger partial charge is 0.379 e. The molecule has 2 fully saturated rings. The standard InChI is InChI=1S/C17H23FN4O3/c18-13-3-1-2-4-14(13)21-7-9-22(10-8-21)15(23)11-20-6-5-17(25,12-20)16(19)24/h1-4,25H,5-12H2,(H2,19,24). The Hall–Kier alpha value is -2.19. The number of primary amides is 1. The molecule has 2 amide bonds. The molecular weight excluding hydrogens is 327 g/mol. The molecule has 2 saturated heterocycles. The Morgan fingerprint density at radius 2 is 1.84 bits per heavy atom. The minimum Gasteiger partial charge on any atom is -0.379 e. The number of nitrogens with two attached hydrogens (primary N) is 1. The van der Waals surface area contributed by atoms with Gasteiger partial charge in [-0.25, -0.2) is 4.39 Å². The lowest BCUT2D eigenvalue weighted by atomic mass is 10.0. The molecule has 0 radical (unpaired) electrons. The van der Waals surface area contributed by atoms with Gasteiger partial charge < -0.3 is 20.6 Å². The van der Waals surface area contributed by atoms with Crippen LogP contribution in [0.1, 0.15) is 6.42 Å². The smallest absolute Gasteiger partial charge is 0.250 e. The van der Waals surface area contributed by atoms with Crippen LogP contribution in [0.25, 0.3) is 0 Å². The molecule has 0 aliphatic carbocycles. The molecule has 7 nitrogen and oxygen atoms in total. The monoisotopic (exact) mass is 350 g/mol. The number of hydrogen-bond acceptors (Lipinski definition) is 5. The third-order valence-electron chi connectivity index (χ3n) is 4.97. The van der Waals surface area contributed by atoms with Gasteiger partial charge in [0, 0.05) is 39.3 Å². The zero-order chi connectivity index (χ0) is 18.0. The summed E-state index contributed by atoms with van der Waals surface area (Å²) in [6.45, 7) is 2.86. The van der Waals surface area contributed by atoms with E-state index in [4.69, 9.17) is 5.73 Å². The summed E-state index contributed by atoms with van der Waals surface area (Å²) in [6.07, 6.45) is 0.247. The molecule has 2 heterocycles. The Kier molecular flexibility index (Phi) is 4.91. The lowest BCUT2D eigenvalue weighted by Crippen LogP contribution is -2.52. The van der Waals surface area contributed by atoms with Gasteiger partial charge in [0.05, 0.1) is 12.2 Å². The van der Waals surface area contributed by atoms with Crippen molar-refractivity contribution >= 4 is 17.5 Å². The molecule has 0 aromatic heterocycles. The lowest BCUT2D eigenvalue weighted by Gasteiger charge is -2.36. The maximum absolute atomic E-state index is 13.8. The van der Waals surface area contributed by atoms with E-state index in [1.54, 1.807) is 28.0 Å². The fourth-order valence-electron chi connectivity index (χ4n) is 3.40. The second kappa shape index (κ2) is 6.97. The summed E-state index contributed by atoms with van der Waals surface area (Å²) in [5.41, 5.74) is 4.22. The normalized spacial score (nSPS) is 24.6. The number of β-amino-alcohol motifs (C(OH)–C–C–N with tert-alkyl or cyclic N) is 1. The average Bonchev–Trinajstić information content (AvgIpc) is 2.98. The number of rotatable bonds is 4. The summed E-state index contributed by atoms with van der Waals surface area (Å²) in [5.74, 6) is -1.06. The Balaban J connectivity index is 1.51. The molecule has 0 bridgehead atoms. The number of piperazine rings is 1. The van der Waals surface area contributed by atoms with Crippen molar-refractivity contribution in [3.05, 3.63) is 30.1 Å². The van der Waals surface area contributed by atoms with E-state index in [-0.39, 0.29) is 31.2 Å². The summed E-state index contributed by atoms with van der Waals surface area (Å²) >= 11 is 0. The molecule has 136 valence electrons. The first-order valence-corrected chi connectivity index (χ1v) is 8.41. The quantitative estimate of drug-likeness (QED) is 0.757. The number of para-hydroxylation sites is 1. The summed E-state index contributed by atoms with van der Waals surface area (Å²) in [5, 5.41) is 10.1. The van der Waals surface area contributed by atoms with Crippen molar-refractivity contribution in [3.63, 3.8) is 0 Å². The van der Waals surface area contributed by atoms with Crippen LogP contribution in [-0.2, 0) is 9.59 Å². The van der Waals surface area contributed by atoms with Crippen LogP contribution < -0.4 is 10.6 Å². The van der Waals surface area contributed by atoms with Gasteiger partial charge in [0.15, 0.2) is 5.60 Å². The van der Waals surface area contributed by atoms with Crippen molar-refractivity contribution in [1.82, 2.24) is 9.80 Å². The lowest BCUT2D eigenvalue weighted by molar-refractivity contribution is -0.137. The van der Waals surface area contributed by atoms with Crippen molar-refractivity contribution in [2.45, 2.75) is 12.0 Å². The number of amides is 2. The molecule has 0 spiro atoms. The highest BCUT2D eigenvalue weighted by Crippen LogP contribution is 2.22. The summed E-state index contributed by atoms with van der Waals surface area (Å²) in [4.78, 5) is 29.1. The third-order valence-corrected chi connectivity index (χ3v) is 4.97. The minimum absolute atomic E-state index is 0.0538. The van der Waals surface area contributed by atoms with E-state index in [2.05, 4.69) is 0 Å². The van der Waals surface area contributed by atoms with Gasteiger partial charge in [0.2, 0.25) is 5.91 Å². The third kappa shape index (κ3) is 3.74. The summed E-state index contributed by atoms with van der Waals surface area (Å²) < 4.78 is 13.8. The second-order valence-corrected chi connectivity index (χ2v) is 6.68. The average molecular weight is 350 g/mol. The number of anilines is 1. The topological polar surface area (TPSA) is 90.1 Å². The Morgan fingerprint density at radius 1 is 1.16 bits per heavy atom. The first-order chi connectivity index (χ1) is 11.9. The predicted octanol–water partition coefficient (Wildman–Crippen LogP) is -0.604. The van der Waals surface area contributed by atoms with Crippen molar-refractivity contribution in [2.75, 3.05) is 50.7 Å². The van der Waals surface area contributed by atoms with Gasteiger partial charge in [-0.1, -0.05) is 12.1 Å². The van der Waals surface area contributed by atoms with E-state index in [1.807, 2.05) is 4.90 Å². The maximum Gasteiger partial charge on any atom is 0.250 e. The molecule has 0 saturated carbocycles. The molecule has 3 rings (SSSR count). The summed E-state index contributed by atoms with van der Waals surface area (Å²) in [6, 6.07) is 6.62. The fraction of sp³-hybridized carbons (Fsp3) is 0.529. The van der Waals surface area contributed by atoms with E-state index in [9.17, 15) is 19.1 Å². The van der Waals surface area contributed by atoms with Gasteiger partial charge >= 0.3 is 0 Å². The first-order valence-electron chi connectivity index (χ1n) is 8.41. The molecule has 1 aromatic carbocycles. The van der Waals surface area contributed by atoms with E-state index < -0.39 is 11.5 Å². The van der Waals surface area contributed by atoms with E-state index >= 15 is 0 Å². The number of carbonyl (C=O) groups excluding carboxylic acids is 2. The molecule has 1 atom stereocenters. The molecule has 1 unspecified atom stereocenters. The molecule has 3 N–H and O–H groups in total. The fourth-order valence-corrected chi connectivity index (χ4v) is 3.40.